The van der Waals surface area contributed by atoms with Gasteiger partial charge in [0, 0.05) is 18.7 Å². The van der Waals surface area contributed by atoms with Crippen LogP contribution in [0.15, 0.2) is 42.5 Å². The molecule has 1 N–H and O–H groups in total. The average Bonchev–Trinajstić information content (AvgIpc) is 3.06. The minimum Gasteiger partial charge on any atom is -0.497 e. The van der Waals surface area contributed by atoms with Crippen LogP contribution in [0, 0.1) is 0 Å². The lowest BCUT2D eigenvalue weighted by atomic mass is 10.2. The van der Waals surface area contributed by atoms with Gasteiger partial charge in [-0.1, -0.05) is 6.07 Å². The highest BCUT2D eigenvalue weighted by Gasteiger charge is 2.29. The van der Waals surface area contributed by atoms with Crippen molar-refractivity contribution in [3.05, 3.63) is 42.5 Å². The second-order valence-electron chi connectivity index (χ2n) is 6.14. The molecule has 0 aliphatic carbocycles. The molecule has 1 heterocycles. The highest BCUT2D eigenvalue weighted by atomic mass is 32.2. The van der Waals surface area contributed by atoms with Crippen molar-refractivity contribution in [1.29, 1.82) is 0 Å². The summed E-state index contributed by atoms with van der Waals surface area (Å²) >= 11 is 0. The van der Waals surface area contributed by atoms with Crippen LogP contribution < -0.4 is 23.8 Å². The van der Waals surface area contributed by atoms with Crippen LogP contribution in [0.1, 0.15) is 6.42 Å². The zero-order valence-electron chi connectivity index (χ0n) is 15.7. The van der Waals surface area contributed by atoms with Gasteiger partial charge in [0.15, 0.2) is 6.61 Å². The van der Waals surface area contributed by atoms with Gasteiger partial charge in [-0.05, 0) is 30.7 Å². The first-order valence-electron chi connectivity index (χ1n) is 8.68. The lowest BCUT2D eigenvalue weighted by Gasteiger charge is -2.19. The van der Waals surface area contributed by atoms with Crippen molar-refractivity contribution in [3.8, 4) is 17.2 Å². The van der Waals surface area contributed by atoms with E-state index in [-0.39, 0.29) is 18.3 Å². The summed E-state index contributed by atoms with van der Waals surface area (Å²) in [6.45, 7) is 0.240. The number of nitrogens with one attached hydrogen (secondary N) is 1. The van der Waals surface area contributed by atoms with Crippen LogP contribution >= 0.6 is 0 Å². The summed E-state index contributed by atoms with van der Waals surface area (Å²) in [6, 6.07) is 11.8. The molecule has 8 nitrogen and oxygen atoms in total. The summed E-state index contributed by atoms with van der Waals surface area (Å²) in [5.74, 6) is 1.27. The third-order valence-electron chi connectivity index (χ3n) is 4.26. The average molecular weight is 406 g/mol. The predicted octanol–water partition coefficient (Wildman–Crippen LogP) is 2.26. The molecule has 1 saturated heterocycles. The number of carbonyl (C=O) groups is 1. The number of anilines is 2. The Morgan fingerprint density at radius 2 is 1.89 bits per heavy atom. The minimum atomic E-state index is -3.29. The van der Waals surface area contributed by atoms with Gasteiger partial charge in [-0.2, -0.15) is 0 Å². The topological polar surface area (TPSA) is 94.2 Å². The molecule has 2 aromatic rings. The molecule has 0 radical (unpaired) electrons. The van der Waals surface area contributed by atoms with E-state index >= 15 is 0 Å². The molecule has 1 aliphatic heterocycles. The summed E-state index contributed by atoms with van der Waals surface area (Å²) in [6.07, 6.45) is 0.588. The Bertz CT molecular complexity index is 961. The Labute approximate surface area is 164 Å². The Kier molecular flexibility index (Phi) is 5.93. The number of nitrogens with zero attached hydrogens (tertiary/aromatic N) is 1. The van der Waals surface area contributed by atoms with Crippen molar-refractivity contribution in [2.75, 3.05) is 42.7 Å². The van der Waals surface area contributed by atoms with Crippen molar-refractivity contribution < 1.29 is 27.4 Å². The maximum absolute atomic E-state index is 12.2. The quantitative estimate of drug-likeness (QED) is 0.758. The fourth-order valence-corrected chi connectivity index (χ4v) is 4.45. The molecule has 2 aromatic carbocycles. The molecule has 1 amide bonds. The monoisotopic (exact) mass is 406 g/mol. The molecule has 0 bridgehead atoms. The Morgan fingerprint density at radius 3 is 2.57 bits per heavy atom. The highest BCUT2D eigenvalue weighted by Crippen LogP contribution is 2.32. The molecular formula is C19H22N2O6S. The maximum Gasteiger partial charge on any atom is 0.262 e. The SMILES string of the molecule is COc1cccc(OCC(=O)Nc2ccc(N3CCCS3(=O)=O)cc2OC)c1. The van der Waals surface area contributed by atoms with Crippen molar-refractivity contribution in [2.24, 2.45) is 0 Å². The van der Waals surface area contributed by atoms with E-state index in [0.29, 0.717) is 41.6 Å². The molecule has 9 heteroatoms. The van der Waals surface area contributed by atoms with E-state index in [4.69, 9.17) is 14.2 Å². The first kappa shape index (κ1) is 19.8. The number of hydrogen-bond donors (Lipinski definition) is 1. The fourth-order valence-electron chi connectivity index (χ4n) is 2.89. The first-order valence-corrected chi connectivity index (χ1v) is 10.3. The van der Waals surface area contributed by atoms with Crippen LogP contribution in [-0.4, -0.2) is 47.4 Å². The van der Waals surface area contributed by atoms with Crippen LogP contribution in [0.4, 0.5) is 11.4 Å². The molecule has 0 unspecified atom stereocenters. The van der Waals surface area contributed by atoms with Gasteiger partial charge in [0.05, 0.1) is 31.3 Å². The Hall–Kier alpha value is -2.94. The number of benzene rings is 2. The standard InChI is InChI=1S/C19H22N2O6S/c1-25-15-5-3-6-16(12-15)27-13-19(22)20-17-8-7-14(11-18(17)26-2)21-9-4-10-28(21,23)24/h3,5-8,11-12H,4,9-10,13H2,1-2H3,(H,20,22). The van der Waals surface area contributed by atoms with E-state index in [1.165, 1.54) is 11.4 Å². The first-order chi connectivity index (χ1) is 13.4. The number of ether oxygens (including phenoxy) is 3. The molecule has 0 atom stereocenters. The van der Waals surface area contributed by atoms with Gasteiger partial charge in [-0.15, -0.1) is 0 Å². The second kappa shape index (κ2) is 8.39. The Morgan fingerprint density at radius 1 is 1.11 bits per heavy atom. The highest BCUT2D eigenvalue weighted by molar-refractivity contribution is 7.93. The number of rotatable bonds is 7. The summed E-state index contributed by atoms with van der Waals surface area (Å²) in [5, 5.41) is 2.71. The largest absolute Gasteiger partial charge is 0.497 e. The predicted molar refractivity (Wildman–Crippen MR) is 106 cm³/mol. The van der Waals surface area contributed by atoms with Crippen LogP contribution in [0.25, 0.3) is 0 Å². The zero-order chi connectivity index (χ0) is 20.1. The van der Waals surface area contributed by atoms with Gasteiger partial charge < -0.3 is 19.5 Å². The van der Waals surface area contributed by atoms with E-state index in [9.17, 15) is 13.2 Å². The van der Waals surface area contributed by atoms with Gasteiger partial charge in [0.2, 0.25) is 10.0 Å². The lowest BCUT2D eigenvalue weighted by Crippen LogP contribution is -2.25. The van der Waals surface area contributed by atoms with E-state index in [0.717, 1.165) is 0 Å². The lowest BCUT2D eigenvalue weighted by molar-refractivity contribution is -0.118. The molecule has 0 spiro atoms. The summed E-state index contributed by atoms with van der Waals surface area (Å²) < 4.78 is 41.4. The number of sulfonamides is 1. The van der Waals surface area contributed by atoms with Gasteiger partial charge in [-0.25, -0.2) is 8.42 Å². The van der Waals surface area contributed by atoms with E-state index < -0.39 is 10.0 Å². The smallest absolute Gasteiger partial charge is 0.262 e. The molecule has 1 fully saturated rings. The number of amides is 1. The molecule has 1 aliphatic rings. The summed E-state index contributed by atoms with van der Waals surface area (Å²) in [5.41, 5.74) is 0.946. The molecule has 28 heavy (non-hydrogen) atoms. The van der Waals surface area contributed by atoms with Crippen LogP contribution in [0.2, 0.25) is 0 Å². The van der Waals surface area contributed by atoms with Crippen molar-refractivity contribution in [1.82, 2.24) is 0 Å². The molecule has 3 rings (SSSR count). The molecule has 150 valence electrons. The normalized spacial score (nSPS) is 15.1. The zero-order valence-corrected chi connectivity index (χ0v) is 16.5. The number of hydrogen-bond acceptors (Lipinski definition) is 6. The van der Waals surface area contributed by atoms with E-state index in [2.05, 4.69) is 5.32 Å². The minimum absolute atomic E-state index is 0.134. The molecular weight excluding hydrogens is 384 g/mol. The number of methoxy groups -OCH3 is 2. The van der Waals surface area contributed by atoms with Crippen molar-refractivity contribution >= 4 is 27.3 Å². The summed E-state index contributed by atoms with van der Waals surface area (Å²) in [7, 11) is -0.277. The second-order valence-corrected chi connectivity index (χ2v) is 8.15. The van der Waals surface area contributed by atoms with Gasteiger partial charge in [0.1, 0.15) is 17.2 Å². The molecule has 0 aromatic heterocycles. The van der Waals surface area contributed by atoms with Crippen LogP contribution in [-0.2, 0) is 14.8 Å². The van der Waals surface area contributed by atoms with Crippen LogP contribution in [0.5, 0.6) is 17.2 Å². The van der Waals surface area contributed by atoms with E-state index in [1.807, 2.05) is 0 Å². The molecule has 0 saturated carbocycles. The van der Waals surface area contributed by atoms with Gasteiger partial charge >= 0.3 is 0 Å². The van der Waals surface area contributed by atoms with Gasteiger partial charge in [-0.3, -0.25) is 9.10 Å². The fraction of sp³-hybridized carbons (Fsp3) is 0.316. The van der Waals surface area contributed by atoms with Crippen LogP contribution in [0.3, 0.4) is 0 Å². The third kappa shape index (κ3) is 4.48. The van der Waals surface area contributed by atoms with E-state index in [1.54, 1.807) is 49.6 Å². The maximum atomic E-state index is 12.2. The summed E-state index contributed by atoms with van der Waals surface area (Å²) in [4.78, 5) is 12.2. The third-order valence-corrected chi connectivity index (χ3v) is 6.13. The Balaban J connectivity index is 1.67. The van der Waals surface area contributed by atoms with Gasteiger partial charge in [0.25, 0.3) is 5.91 Å². The van der Waals surface area contributed by atoms with Crippen molar-refractivity contribution in [2.45, 2.75) is 6.42 Å². The van der Waals surface area contributed by atoms with Crippen molar-refractivity contribution in [3.63, 3.8) is 0 Å². The number of carbonyl (C=O) groups excluding carboxylic acids is 1.